The first kappa shape index (κ1) is 18.8. The van der Waals surface area contributed by atoms with Crippen LogP contribution < -0.4 is 0 Å². The minimum Gasteiger partial charge on any atom is -0.480 e. The van der Waals surface area contributed by atoms with Crippen molar-refractivity contribution in [1.29, 1.82) is 0 Å². The van der Waals surface area contributed by atoms with Gasteiger partial charge in [-0.05, 0) is 44.7 Å². The van der Waals surface area contributed by atoms with Gasteiger partial charge in [0.2, 0.25) is 5.91 Å². The summed E-state index contributed by atoms with van der Waals surface area (Å²) in [6.07, 6.45) is 3.63. The molecule has 0 saturated carbocycles. The third-order valence-electron chi connectivity index (χ3n) is 5.30. The van der Waals surface area contributed by atoms with Crippen molar-refractivity contribution >= 4 is 23.7 Å². The molecule has 2 aliphatic rings. The van der Waals surface area contributed by atoms with Crippen LogP contribution in [-0.2, 0) is 9.59 Å². The number of nitrogens with zero attached hydrogens (tertiary/aromatic N) is 2. The van der Waals surface area contributed by atoms with Gasteiger partial charge in [-0.25, -0.2) is 4.79 Å². The van der Waals surface area contributed by atoms with E-state index in [1.54, 1.807) is 30.3 Å². The van der Waals surface area contributed by atoms with Crippen LogP contribution in [0.1, 0.15) is 53.3 Å². The van der Waals surface area contributed by atoms with Crippen LogP contribution in [0.15, 0.2) is 36.9 Å². The maximum atomic E-state index is 13.3. The Hall–Kier alpha value is -2.96. The fourth-order valence-electron chi connectivity index (χ4n) is 3.94. The lowest BCUT2D eigenvalue weighted by Gasteiger charge is -2.35. The fourth-order valence-corrected chi connectivity index (χ4v) is 3.94. The monoisotopic (exact) mass is 370 g/mol. The van der Waals surface area contributed by atoms with E-state index >= 15 is 0 Å². The summed E-state index contributed by atoms with van der Waals surface area (Å²) in [4.78, 5) is 52.7. The molecule has 7 nitrogen and oxygen atoms in total. The average molecular weight is 370 g/mol. The third kappa shape index (κ3) is 3.13. The predicted octanol–water partition coefficient (Wildman–Crippen LogP) is 2.08. The Morgan fingerprint density at radius 1 is 1.22 bits per heavy atom. The quantitative estimate of drug-likeness (QED) is 0.632. The van der Waals surface area contributed by atoms with Crippen LogP contribution in [0.4, 0.5) is 0 Å². The van der Waals surface area contributed by atoms with E-state index in [2.05, 4.69) is 6.58 Å². The molecule has 2 aliphatic heterocycles. The van der Waals surface area contributed by atoms with Gasteiger partial charge in [-0.1, -0.05) is 18.2 Å². The normalized spacial score (nSPS) is 23.8. The molecule has 3 rings (SSSR count). The molecule has 0 aliphatic carbocycles. The molecule has 1 fully saturated rings. The highest BCUT2D eigenvalue weighted by Crippen LogP contribution is 2.31. The van der Waals surface area contributed by atoms with Crippen LogP contribution in [-0.4, -0.2) is 56.7 Å². The van der Waals surface area contributed by atoms with E-state index in [-0.39, 0.29) is 17.2 Å². The van der Waals surface area contributed by atoms with Crippen LogP contribution in [0.2, 0.25) is 0 Å². The van der Waals surface area contributed by atoms with Crippen molar-refractivity contribution in [2.45, 2.75) is 50.7 Å². The second kappa shape index (κ2) is 7.34. The summed E-state index contributed by atoms with van der Waals surface area (Å²) < 4.78 is 0. The molecule has 7 heteroatoms. The van der Waals surface area contributed by atoms with Crippen LogP contribution in [0.25, 0.3) is 0 Å². The molecule has 0 spiro atoms. The summed E-state index contributed by atoms with van der Waals surface area (Å²) in [5, 5.41) is 9.46. The number of imide groups is 1. The van der Waals surface area contributed by atoms with Gasteiger partial charge in [0.1, 0.15) is 12.1 Å². The Balaban J connectivity index is 1.98. The molecule has 0 bridgehead atoms. The number of carboxylic acids is 1. The van der Waals surface area contributed by atoms with Crippen molar-refractivity contribution in [2.24, 2.45) is 0 Å². The smallest absolute Gasteiger partial charge is 0.326 e. The van der Waals surface area contributed by atoms with Gasteiger partial charge in [-0.2, -0.15) is 0 Å². The number of benzene rings is 1. The van der Waals surface area contributed by atoms with Gasteiger partial charge in [-0.15, -0.1) is 6.58 Å². The van der Waals surface area contributed by atoms with E-state index < -0.39 is 35.8 Å². The van der Waals surface area contributed by atoms with E-state index in [1.807, 2.05) is 0 Å². The van der Waals surface area contributed by atoms with Crippen LogP contribution in [0, 0.1) is 0 Å². The van der Waals surface area contributed by atoms with Crippen molar-refractivity contribution in [3.63, 3.8) is 0 Å². The first-order valence-electron chi connectivity index (χ1n) is 9.01. The molecule has 0 radical (unpaired) electrons. The molecule has 1 saturated heterocycles. The summed E-state index contributed by atoms with van der Waals surface area (Å²) in [6, 6.07) is 4.10. The number of likely N-dealkylation sites (tertiary alicyclic amines) is 1. The Bertz CT molecular complexity index is 783. The van der Waals surface area contributed by atoms with Crippen molar-refractivity contribution in [1.82, 2.24) is 9.80 Å². The van der Waals surface area contributed by atoms with Gasteiger partial charge in [-0.3, -0.25) is 19.3 Å². The lowest BCUT2D eigenvalue weighted by molar-refractivity contribution is -0.152. The maximum Gasteiger partial charge on any atom is 0.326 e. The number of carbonyl (C=O) groups excluding carboxylic acids is 3. The van der Waals surface area contributed by atoms with Gasteiger partial charge in [0.05, 0.1) is 11.1 Å². The van der Waals surface area contributed by atoms with E-state index in [0.717, 1.165) is 4.90 Å². The van der Waals surface area contributed by atoms with Gasteiger partial charge >= 0.3 is 5.97 Å². The molecule has 3 atom stereocenters. The molecule has 1 aromatic carbocycles. The fraction of sp³-hybridized carbons (Fsp3) is 0.400. The Morgan fingerprint density at radius 2 is 1.81 bits per heavy atom. The Labute approximate surface area is 157 Å². The molecule has 27 heavy (non-hydrogen) atoms. The highest BCUT2D eigenvalue weighted by atomic mass is 16.4. The van der Waals surface area contributed by atoms with E-state index in [0.29, 0.717) is 25.7 Å². The van der Waals surface area contributed by atoms with Crippen LogP contribution in [0.5, 0.6) is 0 Å². The highest BCUT2D eigenvalue weighted by Gasteiger charge is 2.47. The largest absolute Gasteiger partial charge is 0.480 e. The zero-order valence-corrected chi connectivity index (χ0v) is 15.1. The molecule has 1 N–H and O–H groups in total. The molecular weight excluding hydrogens is 348 g/mol. The minimum atomic E-state index is -1.12. The second-order valence-corrected chi connectivity index (χ2v) is 6.91. The Morgan fingerprint density at radius 3 is 2.33 bits per heavy atom. The topological polar surface area (TPSA) is 95.0 Å². The van der Waals surface area contributed by atoms with E-state index in [9.17, 15) is 24.3 Å². The van der Waals surface area contributed by atoms with Crippen molar-refractivity contribution in [2.75, 3.05) is 0 Å². The summed E-state index contributed by atoms with van der Waals surface area (Å²) >= 11 is 0. The zero-order valence-electron chi connectivity index (χ0n) is 15.1. The van der Waals surface area contributed by atoms with E-state index in [1.165, 1.54) is 11.8 Å². The van der Waals surface area contributed by atoms with Gasteiger partial charge in [0.25, 0.3) is 11.8 Å². The average Bonchev–Trinajstić information content (AvgIpc) is 2.79. The standard InChI is InChI=1S/C20H22N2O5/c1-3-7-13-8-6-11-16(19(25)21(13)12(2)20(26)27)22-17(23)14-9-4-5-10-15(14)18(22)24/h3-5,9-10,12-13,16H,1,6-8,11H2,2H3,(H,26,27). The number of hydrogen-bond acceptors (Lipinski definition) is 4. The predicted molar refractivity (Wildman–Crippen MR) is 97.1 cm³/mol. The number of aliphatic carboxylic acids is 1. The molecule has 3 unspecified atom stereocenters. The van der Waals surface area contributed by atoms with E-state index in [4.69, 9.17) is 0 Å². The van der Waals surface area contributed by atoms with Crippen molar-refractivity contribution < 1.29 is 24.3 Å². The van der Waals surface area contributed by atoms with Gasteiger partial charge in [0.15, 0.2) is 0 Å². The summed E-state index contributed by atoms with van der Waals surface area (Å²) in [7, 11) is 0. The Kier molecular flexibility index (Phi) is 5.12. The highest BCUT2D eigenvalue weighted by molar-refractivity contribution is 6.22. The number of carboxylic acid groups (broad SMARTS) is 1. The number of carbonyl (C=O) groups is 4. The molecular formula is C20H22N2O5. The summed E-state index contributed by atoms with van der Waals surface area (Å²) in [6.45, 7) is 5.14. The summed E-state index contributed by atoms with van der Waals surface area (Å²) in [5.74, 6) is -2.62. The van der Waals surface area contributed by atoms with Gasteiger partial charge in [0, 0.05) is 6.04 Å². The first-order chi connectivity index (χ1) is 12.9. The molecule has 0 aromatic heterocycles. The number of fused-ring (bicyclic) bond motifs is 1. The van der Waals surface area contributed by atoms with Crippen LogP contribution >= 0.6 is 0 Å². The van der Waals surface area contributed by atoms with Crippen LogP contribution in [0.3, 0.4) is 0 Å². The minimum absolute atomic E-state index is 0.278. The molecule has 1 aromatic rings. The lowest BCUT2D eigenvalue weighted by atomic mass is 10.0. The number of hydrogen-bond donors (Lipinski definition) is 1. The maximum absolute atomic E-state index is 13.3. The van der Waals surface area contributed by atoms with Crippen molar-refractivity contribution in [3.8, 4) is 0 Å². The molecule has 3 amide bonds. The lowest BCUT2D eigenvalue weighted by Crippen LogP contribution is -2.56. The third-order valence-corrected chi connectivity index (χ3v) is 5.30. The van der Waals surface area contributed by atoms with Crippen molar-refractivity contribution in [3.05, 3.63) is 48.0 Å². The molecule has 2 heterocycles. The second-order valence-electron chi connectivity index (χ2n) is 6.91. The molecule has 142 valence electrons. The SMILES string of the molecule is C=CCC1CCCC(N2C(=O)c3ccccc3C2=O)C(=O)N1C(C)C(=O)O. The number of amides is 3. The zero-order chi connectivity index (χ0) is 19.7. The van der Waals surface area contributed by atoms with Gasteiger partial charge < -0.3 is 10.0 Å². The first-order valence-corrected chi connectivity index (χ1v) is 9.01. The number of rotatable bonds is 5. The summed E-state index contributed by atoms with van der Waals surface area (Å²) in [5.41, 5.74) is 0.556.